The molecule has 0 saturated carbocycles. The van der Waals surface area contributed by atoms with Gasteiger partial charge in [0.25, 0.3) is 5.91 Å². The van der Waals surface area contributed by atoms with Crippen molar-refractivity contribution in [3.8, 4) is 0 Å². The first-order valence-electron chi connectivity index (χ1n) is 8.42. The molecule has 1 N–H and O–H groups in total. The van der Waals surface area contributed by atoms with Crippen LogP contribution in [0.2, 0.25) is 10.0 Å². The predicted octanol–water partition coefficient (Wildman–Crippen LogP) is 5.36. The Morgan fingerprint density at radius 1 is 1.31 bits per heavy atom. The van der Waals surface area contributed by atoms with Gasteiger partial charge in [-0.15, -0.1) is 11.3 Å². The number of para-hydroxylation sites is 1. The largest absolute Gasteiger partial charge is 0.448 e. The number of rotatable bonds is 4. The standard InChI is InChI=1S/C19H19Cl2NO3S/c1-10-6-7-15-12(8-10)9-16(26-15)19(24)25-11(2)18(23)22-17-13(20)4-3-5-14(17)21/h3-5,9-11H,6-8H2,1-2H3,(H,22,23)/t10-,11+/m0/s1. The Morgan fingerprint density at radius 3 is 2.69 bits per heavy atom. The minimum atomic E-state index is -0.965. The molecule has 1 aromatic heterocycles. The number of carbonyl (C=O) groups excluding carboxylic acids is 2. The van der Waals surface area contributed by atoms with E-state index >= 15 is 0 Å². The summed E-state index contributed by atoms with van der Waals surface area (Å²) < 4.78 is 5.33. The van der Waals surface area contributed by atoms with Crippen molar-refractivity contribution in [2.24, 2.45) is 5.92 Å². The van der Waals surface area contributed by atoms with E-state index in [0.717, 1.165) is 19.3 Å². The van der Waals surface area contributed by atoms with Gasteiger partial charge in [0.1, 0.15) is 4.88 Å². The molecule has 0 aliphatic heterocycles. The first-order chi connectivity index (χ1) is 12.3. The molecule has 1 aromatic carbocycles. The van der Waals surface area contributed by atoms with Gasteiger partial charge in [-0.05, 0) is 55.9 Å². The average Bonchev–Trinajstić information content (AvgIpc) is 3.01. The van der Waals surface area contributed by atoms with Gasteiger partial charge in [-0.1, -0.05) is 36.2 Å². The molecule has 7 heteroatoms. The smallest absolute Gasteiger partial charge is 0.349 e. The Balaban J connectivity index is 1.65. The SMILES string of the molecule is C[C@H]1CCc2sc(C(=O)O[C@H](C)C(=O)Nc3c(Cl)cccc3Cl)cc2C1. The van der Waals surface area contributed by atoms with Crippen LogP contribution < -0.4 is 5.32 Å². The quantitative estimate of drug-likeness (QED) is 0.688. The van der Waals surface area contributed by atoms with Crippen LogP contribution in [0.1, 0.15) is 40.4 Å². The van der Waals surface area contributed by atoms with Crippen LogP contribution in [-0.2, 0) is 22.4 Å². The molecule has 3 rings (SSSR count). The third-order valence-corrected chi connectivity index (χ3v) is 6.24. The van der Waals surface area contributed by atoms with Crippen LogP contribution in [-0.4, -0.2) is 18.0 Å². The summed E-state index contributed by atoms with van der Waals surface area (Å²) in [5, 5.41) is 3.26. The Morgan fingerprint density at radius 2 is 2.00 bits per heavy atom. The molecule has 0 saturated heterocycles. The van der Waals surface area contributed by atoms with Crippen molar-refractivity contribution in [2.45, 2.75) is 39.2 Å². The van der Waals surface area contributed by atoms with Gasteiger partial charge in [0, 0.05) is 4.88 Å². The second-order valence-electron chi connectivity index (χ2n) is 6.54. The molecule has 1 aliphatic rings. The average molecular weight is 412 g/mol. The van der Waals surface area contributed by atoms with Gasteiger partial charge >= 0.3 is 5.97 Å². The maximum absolute atomic E-state index is 12.4. The molecule has 26 heavy (non-hydrogen) atoms. The predicted molar refractivity (Wildman–Crippen MR) is 105 cm³/mol. The van der Waals surface area contributed by atoms with E-state index in [1.165, 1.54) is 28.7 Å². The van der Waals surface area contributed by atoms with Crippen molar-refractivity contribution in [3.05, 3.63) is 49.6 Å². The maximum atomic E-state index is 12.4. The number of thiophene rings is 1. The number of ether oxygens (including phenoxy) is 1. The third kappa shape index (κ3) is 4.22. The zero-order chi connectivity index (χ0) is 18.8. The number of carbonyl (C=O) groups is 2. The highest BCUT2D eigenvalue weighted by Crippen LogP contribution is 2.33. The van der Waals surface area contributed by atoms with Gasteiger partial charge in [0.2, 0.25) is 0 Å². The number of aryl methyl sites for hydroxylation is 1. The molecule has 4 nitrogen and oxygen atoms in total. The monoisotopic (exact) mass is 411 g/mol. The zero-order valence-electron chi connectivity index (χ0n) is 14.5. The van der Waals surface area contributed by atoms with Gasteiger partial charge in [-0.2, -0.15) is 0 Å². The molecular formula is C19H19Cl2NO3S. The number of fused-ring (bicyclic) bond motifs is 1. The van der Waals surface area contributed by atoms with E-state index in [2.05, 4.69) is 12.2 Å². The highest BCUT2D eigenvalue weighted by molar-refractivity contribution is 7.14. The van der Waals surface area contributed by atoms with Crippen molar-refractivity contribution < 1.29 is 14.3 Å². The summed E-state index contributed by atoms with van der Waals surface area (Å²) in [6, 6.07) is 6.82. The van der Waals surface area contributed by atoms with Gasteiger partial charge in [-0.3, -0.25) is 4.79 Å². The van der Waals surface area contributed by atoms with E-state index in [-0.39, 0.29) is 0 Å². The summed E-state index contributed by atoms with van der Waals surface area (Å²) in [5.74, 6) is -0.334. The summed E-state index contributed by atoms with van der Waals surface area (Å²) in [7, 11) is 0. The van der Waals surface area contributed by atoms with Gasteiger partial charge in [0.05, 0.1) is 15.7 Å². The molecule has 1 heterocycles. The van der Waals surface area contributed by atoms with E-state index in [1.807, 2.05) is 6.07 Å². The summed E-state index contributed by atoms with van der Waals surface area (Å²) in [4.78, 5) is 26.5. The number of hydrogen-bond acceptors (Lipinski definition) is 4. The third-order valence-electron chi connectivity index (χ3n) is 4.39. The Bertz CT molecular complexity index is 829. The highest BCUT2D eigenvalue weighted by Gasteiger charge is 2.25. The first kappa shape index (κ1) is 19.2. The van der Waals surface area contributed by atoms with Crippen LogP contribution in [0.5, 0.6) is 0 Å². The molecule has 0 bridgehead atoms. The van der Waals surface area contributed by atoms with E-state index in [1.54, 1.807) is 18.2 Å². The van der Waals surface area contributed by atoms with Crippen LogP contribution in [0.25, 0.3) is 0 Å². The van der Waals surface area contributed by atoms with Crippen molar-refractivity contribution in [2.75, 3.05) is 5.32 Å². The Kier molecular flexibility index (Phi) is 5.90. The number of halogens is 2. The van der Waals surface area contributed by atoms with Gasteiger partial charge < -0.3 is 10.1 Å². The number of benzene rings is 1. The zero-order valence-corrected chi connectivity index (χ0v) is 16.8. The molecule has 0 spiro atoms. The molecular weight excluding hydrogens is 393 g/mol. The van der Waals surface area contributed by atoms with E-state index in [4.69, 9.17) is 27.9 Å². The lowest BCUT2D eigenvalue weighted by atomic mass is 9.90. The van der Waals surface area contributed by atoms with E-state index in [9.17, 15) is 9.59 Å². The maximum Gasteiger partial charge on any atom is 0.349 e. The number of esters is 1. The van der Waals surface area contributed by atoms with Crippen LogP contribution in [0.15, 0.2) is 24.3 Å². The lowest BCUT2D eigenvalue weighted by Crippen LogP contribution is -2.30. The van der Waals surface area contributed by atoms with Crippen LogP contribution in [0.4, 0.5) is 5.69 Å². The lowest BCUT2D eigenvalue weighted by molar-refractivity contribution is -0.123. The number of nitrogens with one attached hydrogen (secondary N) is 1. The Labute approximate surface area is 166 Å². The number of hydrogen-bond donors (Lipinski definition) is 1. The minimum absolute atomic E-state index is 0.310. The summed E-state index contributed by atoms with van der Waals surface area (Å²) in [5.41, 5.74) is 1.53. The fraction of sp³-hybridized carbons (Fsp3) is 0.368. The Hall–Kier alpha value is -1.56. The van der Waals surface area contributed by atoms with Crippen LogP contribution in [0.3, 0.4) is 0 Å². The normalized spacial score (nSPS) is 17.3. The van der Waals surface area contributed by atoms with Gasteiger partial charge in [0.15, 0.2) is 6.10 Å². The highest BCUT2D eigenvalue weighted by atomic mass is 35.5. The van der Waals surface area contributed by atoms with Crippen LogP contribution >= 0.6 is 34.5 Å². The minimum Gasteiger partial charge on any atom is -0.448 e. The molecule has 2 aromatic rings. The fourth-order valence-electron chi connectivity index (χ4n) is 2.92. The molecule has 1 amide bonds. The number of anilines is 1. The molecule has 1 aliphatic carbocycles. The van der Waals surface area contributed by atoms with Crippen molar-refractivity contribution in [1.82, 2.24) is 0 Å². The molecule has 0 fully saturated rings. The summed E-state index contributed by atoms with van der Waals surface area (Å²) >= 11 is 13.5. The van der Waals surface area contributed by atoms with Crippen LogP contribution in [0, 0.1) is 5.92 Å². The van der Waals surface area contributed by atoms with Crippen molar-refractivity contribution in [3.63, 3.8) is 0 Å². The summed E-state index contributed by atoms with van der Waals surface area (Å²) in [6.45, 7) is 3.73. The second kappa shape index (κ2) is 7.99. The van der Waals surface area contributed by atoms with Crippen molar-refractivity contribution in [1.29, 1.82) is 0 Å². The number of amides is 1. The molecule has 138 valence electrons. The molecule has 0 radical (unpaired) electrons. The first-order valence-corrected chi connectivity index (χ1v) is 10.00. The topological polar surface area (TPSA) is 55.4 Å². The summed E-state index contributed by atoms with van der Waals surface area (Å²) in [6.07, 6.45) is 2.16. The van der Waals surface area contributed by atoms with E-state index in [0.29, 0.717) is 26.5 Å². The fourth-order valence-corrected chi connectivity index (χ4v) is 4.50. The molecule has 0 unspecified atom stereocenters. The second-order valence-corrected chi connectivity index (χ2v) is 8.49. The molecule has 2 atom stereocenters. The lowest BCUT2D eigenvalue weighted by Gasteiger charge is -2.16. The van der Waals surface area contributed by atoms with E-state index < -0.39 is 18.0 Å². The van der Waals surface area contributed by atoms with Gasteiger partial charge in [-0.25, -0.2) is 4.79 Å². The van der Waals surface area contributed by atoms with Crippen molar-refractivity contribution >= 4 is 52.1 Å².